The zero-order valence-electron chi connectivity index (χ0n) is 12.7. The summed E-state index contributed by atoms with van der Waals surface area (Å²) < 4.78 is 5.18. The van der Waals surface area contributed by atoms with Crippen LogP contribution in [0, 0.1) is 0 Å². The number of ether oxygens (including phenoxy) is 1. The lowest BCUT2D eigenvalue weighted by Crippen LogP contribution is -2.37. The monoisotopic (exact) mass is 288 g/mol. The molecule has 0 radical (unpaired) electrons. The number of benzene rings is 1. The van der Waals surface area contributed by atoms with Crippen molar-refractivity contribution in [1.29, 1.82) is 0 Å². The highest BCUT2D eigenvalue weighted by Gasteiger charge is 2.33. The Labute approximate surface area is 126 Å². The van der Waals surface area contributed by atoms with Crippen molar-refractivity contribution >= 4 is 5.91 Å². The minimum Gasteiger partial charge on any atom is -0.497 e. The minimum atomic E-state index is 0.299. The number of nitrogens with zero attached hydrogens (tertiary/aromatic N) is 1. The number of amides is 1. The fourth-order valence-electron chi connectivity index (χ4n) is 2.99. The summed E-state index contributed by atoms with van der Waals surface area (Å²) in [6, 6.07) is 8.87. The summed E-state index contributed by atoms with van der Waals surface area (Å²) in [5, 5.41) is 3.42. The second kappa shape index (κ2) is 6.48. The van der Waals surface area contributed by atoms with Crippen molar-refractivity contribution in [1.82, 2.24) is 10.2 Å². The number of hydrogen-bond acceptors (Lipinski definition) is 3. The second-order valence-electron chi connectivity index (χ2n) is 6.10. The van der Waals surface area contributed by atoms with Gasteiger partial charge in [0.25, 0.3) is 0 Å². The normalized spacial score (nSPS) is 21.3. The van der Waals surface area contributed by atoms with Gasteiger partial charge in [-0.05, 0) is 49.9 Å². The Hall–Kier alpha value is -1.55. The number of methoxy groups -OCH3 is 1. The maximum Gasteiger partial charge on any atom is 0.224 e. The summed E-state index contributed by atoms with van der Waals surface area (Å²) in [6.07, 6.45) is 5.28. The molecule has 1 saturated heterocycles. The smallest absolute Gasteiger partial charge is 0.224 e. The maximum absolute atomic E-state index is 12.6. The van der Waals surface area contributed by atoms with E-state index in [-0.39, 0.29) is 0 Å². The van der Waals surface area contributed by atoms with Gasteiger partial charge in [0.1, 0.15) is 5.75 Å². The number of rotatable bonds is 6. The third kappa shape index (κ3) is 3.76. The van der Waals surface area contributed by atoms with Crippen molar-refractivity contribution in [2.45, 2.75) is 50.7 Å². The average Bonchev–Trinajstić information content (AvgIpc) is 3.22. The predicted octanol–water partition coefficient (Wildman–Crippen LogP) is 2.33. The molecule has 0 bridgehead atoms. The number of carbonyl (C=O) groups excluding carboxylic acids is 1. The van der Waals surface area contributed by atoms with Crippen LogP contribution in [0.4, 0.5) is 0 Å². The minimum absolute atomic E-state index is 0.299. The Morgan fingerprint density at radius 2 is 2.05 bits per heavy atom. The largest absolute Gasteiger partial charge is 0.497 e. The number of hydrogen-bond donors (Lipinski definition) is 1. The third-order valence-corrected chi connectivity index (χ3v) is 4.40. The summed E-state index contributed by atoms with van der Waals surface area (Å²) in [5.74, 6) is 1.16. The third-order valence-electron chi connectivity index (χ3n) is 4.40. The van der Waals surface area contributed by atoms with Gasteiger partial charge in [0, 0.05) is 25.0 Å². The maximum atomic E-state index is 12.6. The molecular weight excluding hydrogens is 264 g/mol. The first-order valence-corrected chi connectivity index (χ1v) is 7.92. The van der Waals surface area contributed by atoms with E-state index < -0.39 is 0 Å². The van der Waals surface area contributed by atoms with Crippen LogP contribution < -0.4 is 10.1 Å². The molecule has 1 heterocycles. The van der Waals surface area contributed by atoms with Crippen LogP contribution in [0.25, 0.3) is 0 Å². The van der Waals surface area contributed by atoms with Gasteiger partial charge in [0.2, 0.25) is 5.91 Å². The molecule has 1 amide bonds. The van der Waals surface area contributed by atoms with Gasteiger partial charge >= 0.3 is 0 Å². The Bertz CT molecular complexity index is 476. The van der Waals surface area contributed by atoms with E-state index in [0.717, 1.165) is 38.1 Å². The second-order valence-corrected chi connectivity index (χ2v) is 6.10. The summed E-state index contributed by atoms with van der Waals surface area (Å²) in [4.78, 5) is 14.6. The van der Waals surface area contributed by atoms with E-state index >= 15 is 0 Å². The van der Waals surface area contributed by atoms with E-state index in [4.69, 9.17) is 4.74 Å². The van der Waals surface area contributed by atoms with E-state index in [9.17, 15) is 4.79 Å². The van der Waals surface area contributed by atoms with Crippen molar-refractivity contribution in [3.63, 3.8) is 0 Å². The van der Waals surface area contributed by atoms with Crippen LogP contribution in [0.3, 0.4) is 0 Å². The average molecular weight is 288 g/mol. The van der Waals surface area contributed by atoms with Crippen molar-refractivity contribution in [2.24, 2.45) is 0 Å². The lowest BCUT2D eigenvalue weighted by molar-refractivity contribution is -0.132. The molecule has 1 unspecified atom stereocenters. The molecule has 1 aliphatic carbocycles. The molecule has 4 nitrogen and oxygen atoms in total. The van der Waals surface area contributed by atoms with E-state index in [1.54, 1.807) is 7.11 Å². The Morgan fingerprint density at radius 3 is 2.62 bits per heavy atom. The molecule has 1 saturated carbocycles. The molecular formula is C17H24N2O2. The SMILES string of the molecule is COc1ccc(CN(C(=O)CC2CCCN2)C2CC2)cc1. The molecule has 4 heteroatoms. The molecule has 21 heavy (non-hydrogen) atoms. The first-order valence-electron chi connectivity index (χ1n) is 7.92. The summed E-state index contributed by atoms with van der Waals surface area (Å²) in [5.41, 5.74) is 1.18. The molecule has 2 aliphatic rings. The zero-order chi connectivity index (χ0) is 14.7. The molecule has 2 fully saturated rings. The van der Waals surface area contributed by atoms with Crippen molar-refractivity contribution in [3.8, 4) is 5.75 Å². The van der Waals surface area contributed by atoms with Crippen LogP contribution in [-0.4, -0.2) is 36.5 Å². The van der Waals surface area contributed by atoms with Crippen molar-refractivity contribution in [2.75, 3.05) is 13.7 Å². The summed E-state index contributed by atoms with van der Waals surface area (Å²) in [7, 11) is 1.67. The molecule has 1 atom stereocenters. The summed E-state index contributed by atoms with van der Waals surface area (Å²) in [6.45, 7) is 1.78. The van der Waals surface area contributed by atoms with Gasteiger partial charge in [-0.3, -0.25) is 4.79 Å². The fraction of sp³-hybridized carbons (Fsp3) is 0.588. The van der Waals surface area contributed by atoms with E-state index in [1.165, 1.54) is 12.0 Å². The van der Waals surface area contributed by atoms with Crippen LogP contribution in [0.2, 0.25) is 0 Å². The van der Waals surface area contributed by atoms with E-state index in [0.29, 0.717) is 24.4 Å². The Morgan fingerprint density at radius 1 is 1.29 bits per heavy atom. The quantitative estimate of drug-likeness (QED) is 0.873. The van der Waals surface area contributed by atoms with Crippen LogP contribution in [0.15, 0.2) is 24.3 Å². The van der Waals surface area contributed by atoms with Gasteiger partial charge in [-0.15, -0.1) is 0 Å². The number of carbonyl (C=O) groups is 1. The van der Waals surface area contributed by atoms with Crippen LogP contribution in [-0.2, 0) is 11.3 Å². The van der Waals surface area contributed by atoms with Crippen LogP contribution >= 0.6 is 0 Å². The van der Waals surface area contributed by atoms with Gasteiger partial charge in [0.05, 0.1) is 7.11 Å². The Kier molecular flexibility index (Phi) is 4.44. The molecule has 1 N–H and O–H groups in total. The fourth-order valence-corrected chi connectivity index (χ4v) is 2.99. The molecule has 1 aliphatic heterocycles. The standard InChI is InChI=1S/C17H24N2O2/c1-21-16-8-4-13(5-9-16)12-19(15-6-7-15)17(20)11-14-3-2-10-18-14/h4-5,8-9,14-15,18H,2-3,6-7,10-12H2,1H3. The summed E-state index contributed by atoms with van der Waals surface area (Å²) >= 11 is 0. The lowest BCUT2D eigenvalue weighted by atomic mass is 10.1. The van der Waals surface area contributed by atoms with Crippen LogP contribution in [0.5, 0.6) is 5.75 Å². The van der Waals surface area contributed by atoms with Crippen LogP contribution in [0.1, 0.15) is 37.7 Å². The van der Waals surface area contributed by atoms with Gasteiger partial charge in [0.15, 0.2) is 0 Å². The first-order chi connectivity index (χ1) is 10.3. The number of nitrogens with one attached hydrogen (secondary N) is 1. The predicted molar refractivity (Wildman–Crippen MR) is 82.2 cm³/mol. The molecule has 1 aromatic carbocycles. The van der Waals surface area contributed by atoms with Gasteiger partial charge in [-0.25, -0.2) is 0 Å². The highest BCUT2D eigenvalue weighted by atomic mass is 16.5. The van der Waals surface area contributed by atoms with Gasteiger partial charge in [-0.2, -0.15) is 0 Å². The topological polar surface area (TPSA) is 41.6 Å². The molecule has 114 valence electrons. The Balaban J connectivity index is 1.61. The highest BCUT2D eigenvalue weighted by molar-refractivity contribution is 5.77. The van der Waals surface area contributed by atoms with E-state index in [1.807, 2.05) is 12.1 Å². The van der Waals surface area contributed by atoms with Crippen molar-refractivity contribution in [3.05, 3.63) is 29.8 Å². The molecule has 3 rings (SSSR count). The van der Waals surface area contributed by atoms with Crippen molar-refractivity contribution < 1.29 is 9.53 Å². The first kappa shape index (κ1) is 14.4. The molecule has 0 spiro atoms. The highest BCUT2D eigenvalue weighted by Crippen LogP contribution is 2.30. The van der Waals surface area contributed by atoms with E-state index in [2.05, 4.69) is 22.3 Å². The van der Waals surface area contributed by atoms with Gasteiger partial charge < -0.3 is 15.0 Å². The zero-order valence-corrected chi connectivity index (χ0v) is 12.7. The molecule has 0 aromatic heterocycles. The molecule has 1 aromatic rings. The lowest BCUT2D eigenvalue weighted by Gasteiger charge is -2.24. The van der Waals surface area contributed by atoms with Gasteiger partial charge in [-0.1, -0.05) is 12.1 Å².